The van der Waals surface area contributed by atoms with E-state index >= 15 is 0 Å². The van der Waals surface area contributed by atoms with Gasteiger partial charge in [0.2, 0.25) is 0 Å². The predicted molar refractivity (Wildman–Crippen MR) is 112 cm³/mol. The number of piperidine rings is 2. The molecule has 0 saturated carbocycles. The zero-order valence-electron chi connectivity index (χ0n) is 12.7. The van der Waals surface area contributed by atoms with Gasteiger partial charge in [0.25, 0.3) is 0 Å². The molecular weight excluding hydrogens is 389 g/mol. The Morgan fingerprint density at radius 1 is 0.545 bits per heavy atom. The maximum Gasteiger partial charge on any atom is 0.0714 e. The quantitative estimate of drug-likeness (QED) is 0.547. The average molecular weight is 413 g/mol. The molecule has 126 valence electrons. The fourth-order valence-electron chi connectivity index (χ4n) is 3.89. The van der Waals surface area contributed by atoms with Crippen LogP contribution in [0, 0.1) is 0 Å². The molecule has 0 aromatic rings. The Balaban J connectivity index is 1.51. The molecular formula is C14H24N2S6. The Morgan fingerprint density at radius 3 is 1.45 bits per heavy atom. The number of fused-ring (bicyclic) bond motifs is 1. The van der Waals surface area contributed by atoms with E-state index in [-0.39, 0.29) is 0 Å². The number of thioether (sulfide) groups is 1. The van der Waals surface area contributed by atoms with E-state index in [9.17, 15) is 0 Å². The molecule has 4 aliphatic rings. The molecule has 4 heterocycles. The highest BCUT2D eigenvalue weighted by Gasteiger charge is 2.50. The Labute approximate surface area is 157 Å². The normalized spacial score (nSPS) is 42.0. The molecule has 4 saturated heterocycles. The van der Waals surface area contributed by atoms with Gasteiger partial charge < -0.3 is 0 Å². The number of likely N-dealkylation sites (tertiary alicyclic amines) is 2. The molecule has 0 aromatic carbocycles. The Hall–Kier alpha value is 2.02. The minimum Gasteiger partial charge on any atom is -0.290 e. The van der Waals surface area contributed by atoms with Crippen molar-refractivity contribution in [2.24, 2.45) is 0 Å². The van der Waals surface area contributed by atoms with E-state index in [1.807, 2.05) is 29.5 Å². The smallest absolute Gasteiger partial charge is 0.0714 e. The molecule has 22 heavy (non-hydrogen) atoms. The summed E-state index contributed by atoms with van der Waals surface area (Å²) < 4.78 is 0. The van der Waals surface area contributed by atoms with Crippen LogP contribution in [-0.4, -0.2) is 57.2 Å². The molecule has 8 heteroatoms. The van der Waals surface area contributed by atoms with E-state index in [2.05, 4.69) is 43.1 Å². The summed E-state index contributed by atoms with van der Waals surface area (Å²) in [5.41, 5.74) is 0. The van der Waals surface area contributed by atoms with Gasteiger partial charge in [-0.1, -0.05) is 34.4 Å². The van der Waals surface area contributed by atoms with Crippen LogP contribution in [0.3, 0.4) is 0 Å². The minimum absolute atomic E-state index is 0.751. The highest BCUT2D eigenvalue weighted by Crippen LogP contribution is 2.63. The third-order valence-corrected chi connectivity index (χ3v) is 16.6. The monoisotopic (exact) mass is 412 g/mol. The van der Waals surface area contributed by atoms with Crippen molar-refractivity contribution in [3.05, 3.63) is 0 Å². The zero-order chi connectivity index (χ0) is 14.8. The lowest BCUT2D eigenvalue weighted by molar-refractivity contribution is 0.205. The van der Waals surface area contributed by atoms with Crippen LogP contribution in [0.15, 0.2) is 0 Å². The largest absolute Gasteiger partial charge is 0.290 e. The van der Waals surface area contributed by atoms with E-state index < -0.39 is 0 Å². The molecule has 0 N–H and O–H groups in total. The summed E-state index contributed by atoms with van der Waals surface area (Å²) in [5.74, 6) is 0. The van der Waals surface area contributed by atoms with Crippen molar-refractivity contribution < 1.29 is 0 Å². The SMILES string of the molecule is C1CCN(C2SC(N3CCCCC3)C3SSSSSC32)CC1. The van der Waals surface area contributed by atoms with E-state index in [1.165, 1.54) is 64.7 Å². The van der Waals surface area contributed by atoms with Crippen molar-refractivity contribution in [1.29, 1.82) is 0 Å². The van der Waals surface area contributed by atoms with Gasteiger partial charge in [0.1, 0.15) is 0 Å². The molecule has 4 unspecified atom stereocenters. The lowest BCUT2D eigenvalue weighted by atomic mass is 10.1. The first-order chi connectivity index (χ1) is 10.9. The van der Waals surface area contributed by atoms with Crippen LogP contribution in [0.25, 0.3) is 0 Å². The Kier molecular flexibility index (Phi) is 6.82. The first-order valence-electron chi connectivity index (χ1n) is 8.39. The molecule has 0 aliphatic carbocycles. The zero-order valence-corrected chi connectivity index (χ0v) is 17.6. The Morgan fingerprint density at radius 2 is 1.00 bits per heavy atom. The van der Waals surface area contributed by atoms with Gasteiger partial charge in [-0.05, 0) is 81.3 Å². The third kappa shape index (κ3) is 3.89. The van der Waals surface area contributed by atoms with Crippen LogP contribution in [0.2, 0.25) is 0 Å². The molecule has 4 rings (SSSR count). The van der Waals surface area contributed by atoms with Crippen molar-refractivity contribution in [2.45, 2.75) is 59.8 Å². The van der Waals surface area contributed by atoms with Crippen LogP contribution in [0.1, 0.15) is 38.5 Å². The van der Waals surface area contributed by atoms with E-state index in [1.54, 1.807) is 0 Å². The van der Waals surface area contributed by atoms with Crippen molar-refractivity contribution in [3.8, 4) is 0 Å². The van der Waals surface area contributed by atoms with E-state index in [4.69, 9.17) is 0 Å². The second-order valence-electron chi connectivity index (χ2n) is 6.44. The summed E-state index contributed by atoms with van der Waals surface area (Å²) in [7, 11) is 10.4. The van der Waals surface area contributed by atoms with Crippen molar-refractivity contribution >= 4 is 62.8 Å². The predicted octanol–water partition coefficient (Wildman–Crippen LogP) is 5.43. The molecule has 2 nitrogen and oxygen atoms in total. The fraction of sp³-hybridized carbons (Fsp3) is 1.00. The second-order valence-corrected chi connectivity index (χ2v) is 15.6. The summed E-state index contributed by atoms with van der Waals surface area (Å²) in [6.45, 7) is 5.35. The summed E-state index contributed by atoms with van der Waals surface area (Å²) in [4.78, 5) is 5.65. The van der Waals surface area contributed by atoms with Gasteiger partial charge >= 0.3 is 0 Å². The summed E-state index contributed by atoms with van der Waals surface area (Å²) in [6, 6.07) is 0. The maximum absolute atomic E-state index is 2.82. The average Bonchev–Trinajstić information content (AvgIpc) is 2.78. The number of hydrogen-bond acceptors (Lipinski definition) is 8. The first kappa shape index (κ1) is 17.4. The second kappa shape index (κ2) is 8.60. The van der Waals surface area contributed by atoms with Crippen molar-refractivity contribution in [1.82, 2.24) is 9.80 Å². The summed E-state index contributed by atoms with van der Waals surface area (Å²) in [5, 5.41) is 3.10. The number of nitrogens with zero attached hydrogens (tertiary/aromatic N) is 2. The van der Waals surface area contributed by atoms with Crippen LogP contribution in [-0.2, 0) is 0 Å². The minimum atomic E-state index is 0.751. The molecule has 0 aromatic heterocycles. The van der Waals surface area contributed by atoms with Gasteiger partial charge in [-0.3, -0.25) is 9.80 Å². The van der Waals surface area contributed by atoms with E-state index in [0.717, 1.165) is 21.2 Å². The molecule has 4 atom stereocenters. The standard InChI is InChI=1S/C14H24N2S6/c1-3-7-15(8-4-1)13-11-12(19-21-22-20-18-11)14(17-13)16-9-5-2-6-10-16/h11-14H,1-10H2. The van der Waals surface area contributed by atoms with Gasteiger partial charge in [0.15, 0.2) is 0 Å². The van der Waals surface area contributed by atoms with Crippen LogP contribution in [0.5, 0.6) is 0 Å². The molecule has 0 spiro atoms. The van der Waals surface area contributed by atoms with Crippen LogP contribution in [0.4, 0.5) is 0 Å². The Bertz CT molecular complexity index is 329. The molecule has 4 aliphatic heterocycles. The molecule has 0 bridgehead atoms. The molecule has 0 radical (unpaired) electrons. The lowest BCUT2D eigenvalue weighted by Crippen LogP contribution is -2.43. The maximum atomic E-state index is 2.82. The van der Waals surface area contributed by atoms with Crippen LogP contribution < -0.4 is 0 Å². The van der Waals surface area contributed by atoms with E-state index in [0.29, 0.717) is 0 Å². The highest BCUT2D eigenvalue weighted by atomic mass is 33.8. The number of rotatable bonds is 2. The van der Waals surface area contributed by atoms with Gasteiger partial charge in [-0.2, -0.15) is 0 Å². The van der Waals surface area contributed by atoms with Gasteiger partial charge in [-0.25, -0.2) is 0 Å². The lowest BCUT2D eigenvalue weighted by Gasteiger charge is -2.35. The molecule has 0 amide bonds. The number of hydrogen-bond donors (Lipinski definition) is 0. The van der Waals surface area contributed by atoms with Gasteiger partial charge in [0, 0.05) is 0 Å². The van der Waals surface area contributed by atoms with Crippen molar-refractivity contribution in [3.63, 3.8) is 0 Å². The molecule has 4 fully saturated rings. The fourth-order valence-corrected chi connectivity index (χ4v) is 17.8. The highest BCUT2D eigenvalue weighted by molar-refractivity contribution is 9.36. The van der Waals surface area contributed by atoms with Gasteiger partial charge in [-0.15, -0.1) is 11.8 Å². The van der Waals surface area contributed by atoms with Crippen LogP contribution >= 0.6 is 62.8 Å². The third-order valence-electron chi connectivity index (χ3n) is 5.02. The summed E-state index contributed by atoms with van der Waals surface area (Å²) in [6.07, 6.45) is 8.54. The van der Waals surface area contributed by atoms with Gasteiger partial charge in [0.05, 0.1) is 21.2 Å². The first-order valence-corrected chi connectivity index (χ1v) is 15.6. The topological polar surface area (TPSA) is 6.48 Å². The van der Waals surface area contributed by atoms with Crippen molar-refractivity contribution in [2.75, 3.05) is 26.2 Å². The summed E-state index contributed by atoms with van der Waals surface area (Å²) >= 11 is 2.31.